The second-order valence-corrected chi connectivity index (χ2v) is 5.97. The first-order chi connectivity index (χ1) is 10.9. The molecule has 0 aliphatic carbocycles. The van der Waals surface area contributed by atoms with E-state index in [2.05, 4.69) is 4.74 Å². The summed E-state index contributed by atoms with van der Waals surface area (Å²) in [5.74, 6) is -0.380. The molecule has 1 aromatic rings. The zero-order valence-electron chi connectivity index (χ0n) is 13.3. The monoisotopic (exact) mass is 335 g/mol. The molecule has 1 aliphatic rings. The highest BCUT2D eigenvalue weighted by Gasteiger charge is 2.41. The van der Waals surface area contributed by atoms with Crippen molar-refractivity contribution in [1.29, 1.82) is 0 Å². The number of methoxy groups -OCH3 is 2. The average Bonchev–Trinajstić information content (AvgIpc) is 2.80. The maximum Gasteiger partial charge on any atom is 0.328 e. The number of aryl methyl sites for hydroxylation is 1. The molecule has 1 saturated heterocycles. The van der Waals surface area contributed by atoms with E-state index in [0.29, 0.717) is 0 Å². The number of rotatable bonds is 4. The molecule has 0 N–H and O–H groups in total. The van der Waals surface area contributed by atoms with Crippen LogP contribution in [0.2, 0.25) is 0 Å². The summed E-state index contributed by atoms with van der Waals surface area (Å²) in [7, 11) is 2.80. The number of amides is 2. The molecule has 1 atom stereocenters. The number of nitrogens with zero attached hydrogens (tertiary/aromatic N) is 1. The van der Waals surface area contributed by atoms with Gasteiger partial charge in [-0.3, -0.25) is 14.5 Å². The number of imide groups is 1. The quantitative estimate of drug-likeness (QED) is 0.622. The van der Waals surface area contributed by atoms with Crippen LogP contribution >= 0.6 is 11.8 Å². The number of hydrogen-bond acceptors (Lipinski definition) is 6. The Morgan fingerprint density at radius 1 is 1.30 bits per heavy atom. The molecule has 1 unspecified atom stereocenters. The minimum Gasteiger partial charge on any atom is -0.496 e. The highest BCUT2D eigenvalue weighted by Crippen LogP contribution is 2.34. The van der Waals surface area contributed by atoms with Crippen LogP contribution in [0.15, 0.2) is 23.1 Å². The van der Waals surface area contributed by atoms with Gasteiger partial charge in [0, 0.05) is 0 Å². The Balaban J connectivity index is 2.28. The van der Waals surface area contributed by atoms with Crippen molar-refractivity contribution in [3.63, 3.8) is 0 Å². The third-order valence-corrected chi connectivity index (χ3v) is 4.35. The maximum atomic E-state index is 12.4. The summed E-state index contributed by atoms with van der Waals surface area (Å²) in [6.07, 6.45) is 1.63. The van der Waals surface area contributed by atoms with Gasteiger partial charge in [0.2, 0.25) is 0 Å². The van der Waals surface area contributed by atoms with Gasteiger partial charge in [0.15, 0.2) is 0 Å². The minimum atomic E-state index is -0.948. The second kappa shape index (κ2) is 6.87. The molecule has 2 rings (SSSR count). The van der Waals surface area contributed by atoms with Gasteiger partial charge >= 0.3 is 5.97 Å². The Hall–Kier alpha value is -2.28. The highest BCUT2D eigenvalue weighted by molar-refractivity contribution is 8.18. The van der Waals surface area contributed by atoms with Crippen molar-refractivity contribution >= 4 is 35.0 Å². The summed E-state index contributed by atoms with van der Waals surface area (Å²) < 4.78 is 9.78. The third kappa shape index (κ3) is 3.39. The van der Waals surface area contributed by atoms with Gasteiger partial charge in [-0.2, -0.15) is 0 Å². The molecule has 2 amide bonds. The molecule has 1 heterocycles. The topological polar surface area (TPSA) is 72.9 Å². The van der Waals surface area contributed by atoms with Crippen LogP contribution in [0, 0.1) is 6.92 Å². The number of carbonyl (C=O) groups is 3. The normalized spacial score (nSPS) is 17.6. The van der Waals surface area contributed by atoms with Crippen molar-refractivity contribution in [2.75, 3.05) is 14.2 Å². The molecule has 0 radical (unpaired) electrons. The van der Waals surface area contributed by atoms with Gasteiger partial charge in [-0.1, -0.05) is 6.07 Å². The van der Waals surface area contributed by atoms with Crippen molar-refractivity contribution in [3.8, 4) is 5.75 Å². The number of carbonyl (C=O) groups excluding carboxylic acids is 3. The fraction of sp³-hybridized carbons (Fsp3) is 0.312. The van der Waals surface area contributed by atoms with E-state index in [-0.39, 0.29) is 4.91 Å². The molecule has 0 bridgehead atoms. The third-order valence-electron chi connectivity index (χ3n) is 3.47. The molecule has 7 heteroatoms. The van der Waals surface area contributed by atoms with E-state index in [1.165, 1.54) is 14.0 Å². The van der Waals surface area contributed by atoms with Gasteiger partial charge in [0.25, 0.3) is 11.1 Å². The standard InChI is InChI=1S/C16H17NO5S/c1-9-7-11(5-6-12(9)21-3)8-13-14(18)17(16(20)23-13)10(2)15(19)22-4/h5-8,10H,1-4H3/b13-8+. The first kappa shape index (κ1) is 17.1. The lowest BCUT2D eigenvalue weighted by molar-refractivity contribution is -0.148. The number of thioether (sulfide) groups is 1. The summed E-state index contributed by atoms with van der Waals surface area (Å²) in [4.78, 5) is 37.1. The van der Waals surface area contributed by atoms with Crippen molar-refractivity contribution in [2.45, 2.75) is 19.9 Å². The Labute approximate surface area is 138 Å². The summed E-state index contributed by atoms with van der Waals surface area (Å²) >= 11 is 0.808. The van der Waals surface area contributed by atoms with Gasteiger partial charge in [0.1, 0.15) is 11.8 Å². The van der Waals surface area contributed by atoms with Crippen LogP contribution in [0.3, 0.4) is 0 Å². The number of esters is 1. The van der Waals surface area contributed by atoms with Gasteiger partial charge in [-0.25, -0.2) is 4.79 Å². The molecule has 23 heavy (non-hydrogen) atoms. The second-order valence-electron chi connectivity index (χ2n) is 4.98. The van der Waals surface area contributed by atoms with Gasteiger partial charge in [-0.05, 0) is 54.9 Å². The summed E-state index contributed by atoms with van der Waals surface area (Å²) in [6, 6.07) is 4.50. The predicted molar refractivity (Wildman–Crippen MR) is 87.0 cm³/mol. The number of ether oxygens (including phenoxy) is 2. The molecule has 0 saturated carbocycles. The van der Waals surface area contributed by atoms with Crippen molar-refractivity contribution in [1.82, 2.24) is 4.90 Å². The molecule has 1 fully saturated rings. The fourth-order valence-electron chi connectivity index (χ4n) is 2.23. The summed E-state index contributed by atoms with van der Waals surface area (Å²) in [5, 5.41) is -0.482. The van der Waals surface area contributed by atoms with Crippen LogP contribution < -0.4 is 4.74 Å². The van der Waals surface area contributed by atoms with Gasteiger partial charge in [0.05, 0.1) is 19.1 Å². The van der Waals surface area contributed by atoms with Crippen LogP contribution in [0.25, 0.3) is 6.08 Å². The Bertz CT molecular complexity index is 698. The number of benzene rings is 1. The zero-order chi connectivity index (χ0) is 17.1. The lowest BCUT2D eigenvalue weighted by atomic mass is 10.1. The Kier molecular flexibility index (Phi) is 5.10. The van der Waals surface area contributed by atoms with Crippen LogP contribution in [0.4, 0.5) is 4.79 Å². The van der Waals surface area contributed by atoms with E-state index in [4.69, 9.17) is 4.74 Å². The summed E-state index contributed by atoms with van der Waals surface area (Å²) in [6.45, 7) is 3.35. The largest absolute Gasteiger partial charge is 0.496 e. The lowest BCUT2D eigenvalue weighted by Gasteiger charge is -2.18. The minimum absolute atomic E-state index is 0.273. The zero-order valence-corrected chi connectivity index (χ0v) is 14.1. The lowest BCUT2D eigenvalue weighted by Crippen LogP contribution is -2.42. The SMILES string of the molecule is COC(=O)C(C)N1C(=O)S/C(=C/c2ccc(OC)c(C)c2)C1=O. The highest BCUT2D eigenvalue weighted by atomic mass is 32.2. The number of hydrogen-bond donors (Lipinski definition) is 0. The van der Waals surface area contributed by atoms with E-state index >= 15 is 0 Å². The first-order valence-electron chi connectivity index (χ1n) is 6.88. The molecule has 122 valence electrons. The van der Waals surface area contributed by atoms with Crippen LogP contribution in [-0.4, -0.2) is 42.3 Å². The van der Waals surface area contributed by atoms with Gasteiger partial charge < -0.3 is 9.47 Å². The molecule has 1 aromatic carbocycles. The van der Waals surface area contributed by atoms with E-state index in [0.717, 1.165) is 33.5 Å². The van der Waals surface area contributed by atoms with Crippen LogP contribution in [0.1, 0.15) is 18.1 Å². The van der Waals surface area contributed by atoms with Crippen molar-refractivity contribution in [2.24, 2.45) is 0 Å². The van der Waals surface area contributed by atoms with E-state index in [1.54, 1.807) is 25.3 Å². The first-order valence-corrected chi connectivity index (χ1v) is 7.70. The maximum absolute atomic E-state index is 12.4. The average molecular weight is 335 g/mol. The summed E-state index contributed by atoms with van der Waals surface area (Å²) in [5.41, 5.74) is 1.70. The molecule has 0 aromatic heterocycles. The van der Waals surface area contributed by atoms with E-state index < -0.39 is 23.2 Å². The smallest absolute Gasteiger partial charge is 0.328 e. The molecule has 6 nitrogen and oxygen atoms in total. The molecular weight excluding hydrogens is 318 g/mol. The Morgan fingerprint density at radius 2 is 2.00 bits per heavy atom. The Morgan fingerprint density at radius 3 is 2.57 bits per heavy atom. The van der Waals surface area contributed by atoms with Gasteiger partial charge in [-0.15, -0.1) is 0 Å². The molecular formula is C16H17NO5S. The predicted octanol–water partition coefficient (Wildman–Crippen LogP) is 2.60. The van der Waals surface area contributed by atoms with Crippen molar-refractivity contribution < 1.29 is 23.9 Å². The van der Waals surface area contributed by atoms with Crippen molar-refractivity contribution in [3.05, 3.63) is 34.2 Å². The van der Waals surface area contributed by atoms with Crippen LogP contribution in [-0.2, 0) is 14.3 Å². The van der Waals surface area contributed by atoms with E-state index in [1.807, 2.05) is 13.0 Å². The molecule has 0 spiro atoms. The van der Waals surface area contributed by atoms with E-state index in [9.17, 15) is 14.4 Å². The molecule has 1 aliphatic heterocycles. The van der Waals surface area contributed by atoms with Crippen LogP contribution in [0.5, 0.6) is 5.75 Å². The fourth-order valence-corrected chi connectivity index (χ4v) is 3.14.